The lowest BCUT2D eigenvalue weighted by atomic mass is 10.2. The van der Waals surface area contributed by atoms with Crippen LogP contribution in [0, 0.1) is 19.3 Å². The summed E-state index contributed by atoms with van der Waals surface area (Å²) >= 11 is 1.74. The van der Waals surface area contributed by atoms with Crippen molar-refractivity contribution in [2.75, 3.05) is 0 Å². The van der Waals surface area contributed by atoms with E-state index < -0.39 is 0 Å². The molecule has 0 spiro atoms. The van der Waals surface area contributed by atoms with Crippen molar-refractivity contribution in [1.29, 1.82) is 0 Å². The number of benzene rings is 1. The van der Waals surface area contributed by atoms with Crippen molar-refractivity contribution in [2.24, 2.45) is 0 Å². The number of thiazole rings is 1. The van der Waals surface area contributed by atoms with Gasteiger partial charge < -0.3 is 17.0 Å². The zero-order valence-corrected chi connectivity index (χ0v) is 10.2. The van der Waals surface area contributed by atoms with Gasteiger partial charge in [-0.25, -0.2) is 0 Å². The van der Waals surface area contributed by atoms with Gasteiger partial charge in [-0.2, -0.15) is 4.57 Å². The van der Waals surface area contributed by atoms with E-state index in [0.29, 0.717) is 6.54 Å². The highest BCUT2D eigenvalue weighted by atomic mass is 79.9. The Balaban J connectivity index is 0.000000980. The Morgan fingerprint density at radius 2 is 2.29 bits per heavy atom. The van der Waals surface area contributed by atoms with E-state index in [4.69, 9.17) is 6.42 Å². The number of halogens is 1. The van der Waals surface area contributed by atoms with E-state index in [1.807, 2.05) is 0 Å². The summed E-state index contributed by atoms with van der Waals surface area (Å²) in [5.74, 6) is 2.66. The summed E-state index contributed by atoms with van der Waals surface area (Å²) in [6.07, 6.45) is 5.29. The van der Waals surface area contributed by atoms with E-state index in [2.05, 4.69) is 41.1 Å². The van der Waals surface area contributed by atoms with Gasteiger partial charge in [0, 0.05) is 5.56 Å². The van der Waals surface area contributed by atoms with Crippen LogP contribution in [0.3, 0.4) is 0 Å². The van der Waals surface area contributed by atoms with Gasteiger partial charge in [0.25, 0.3) is 0 Å². The van der Waals surface area contributed by atoms with Crippen LogP contribution in [0.5, 0.6) is 0 Å². The average Bonchev–Trinajstić information content (AvgIpc) is 2.51. The molecule has 0 atom stereocenters. The molecule has 0 aliphatic rings. The third kappa shape index (κ3) is 1.82. The Kier molecular flexibility index (Phi) is 3.68. The molecule has 2 rings (SSSR count). The molecule has 0 saturated heterocycles. The average molecular weight is 268 g/mol. The summed E-state index contributed by atoms with van der Waals surface area (Å²) in [6, 6.07) is 6.32. The second-order valence-electron chi connectivity index (χ2n) is 2.98. The van der Waals surface area contributed by atoms with Crippen molar-refractivity contribution in [1.82, 2.24) is 0 Å². The van der Waals surface area contributed by atoms with Crippen LogP contribution in [-0.2, 0) is 6.54 Å². The summed E-state index contributed by atoms with van der Waals surface area (Å²) in [7, 11) is 0. The summed E-state index contributed by atoms with van der Waals surface area (Å²) in [6.45, 7) is 2.77. The fourth-order valence-electron chi connectivity index (χ4n) is 1.48. The molecule has 0 fully saturated rings. The first-order valence-corrected chi connectivity index (χ1v) is 5.00. The second-order valence-corrected chi connectivity index (χ2v) is 3.86. The van der Waals surface area contributed by atoms with Crippen LogP contribution >= 0.6 is 11.3 Å². The summed E-state index contributed by atoms with van der Waals surface area (Å²) in [4.78, 5) is 0. The molecule has 72 valence electrons. The first-order valence-electron chi connectivity index (χ1n) is 4.12. The van der Waals surface area contributed by atoms with Gasteiger partial charge in [0.1, 0.15) is 4.70 Å². The van der Waals surface area contributed by atoms with Gasteiger partial charge in [0.15, 0.2) is 0 Å². The molecule has 3 heteroatoms. The van der Waals surface area contributed by atoms with Crippen molar-refractivity contribution in [3.05, 3.63) is 29.3 Å². The second kappa shape index (κ2) is 4.59. The van der Waals surface area contributed by atoms with E-state index >= 15 is 0 Å². The number of aromatic nitrogens is 1. The summed E-state index contributed by atoms with van der Waals surface area (Å²) in [5.41, 5.74) is 4.64. The van der Waals surface area contributed by atoms with Gasteiger partial charge in [-0.05, 0) is 18.9 Å². The molecule has 0 aliphatic carbocycles. The predicted molar refractivity (Wildman–Crippen MR) is 55.6 cm³/mol. The van der Waals surface area contributed by atoms with E-state index in [9.17, 15) is 0 Å². The number of fused-ring (bicyclic) bond motifs is 1. The highest BCUT2D eigenvalue weighted by Gasteiger charge is 2.11. The van der Waals surface area contributed by atoms with Crippen molar-refractivity contribution in [3.63, 3.8) is 0 Å². The van der Waals surface area contributed by atoms with Gasteiger partial charge in [-0.3, -0.25) is 0 Å². The Hall–Kier alpha value is -0.850. The maximum Gasteiger partial charge on any atom is 0.227 e. The third-order valence-electron chi connectivity index (χ3n) is 2.06. The molecular formula is C11H10BrNS. The number of hydrogen-bond acceptors (Lipinski definition) is 1. The fourth-order valence-corrected chi connectivity index (χ4v) is 2.45. The molecule has 2 aromatic rings. The summed E-state index contributed by atoms with van der Waals surface area (Å²) < 4.78 is 3.42. The zero-order chi connectivity index (χ0) is 9.26. The Morgan fingerprint density at radius 1 is 1.50 bits per heavy atom. The number of para-hydroxylation sites is 1. The maximum atomic E-state index is 5.29. The van der Waals surface area contributed by atoms with Crippen LogP contribution in [-0.4, -0.2) is 0 Å². The molecule has 1 nitrogen and oxygen atoms in total. The molecule has 0 aliphatic heterocycles. The normalized spacial score (nSPS) is 9.43. The monoisotopic (exact) mass is 267 g/mol. The minimum Gasteiger partial charge on any atom is -1.00 e. The Labute approximate surface area is 98.2 Å². The molecule has 1 aromatic carbocycles. The molecule has 0 bridgehead atoms. The first-order chi connectivity index (χ1) is 6.33. The lowest BCUT2D eigenvalue weighted by Crippen LogP contribution is -3.00. The van der Waals surface area contributed by atoms with E-state index in [0.717, 1.165) is 0 Å². The largest absolute Gasteiger partial charge is 1.00 e. The smallest absolute Gasteiger partial charge is 0.227 e. The molecule has 1 aromatic heterocycles. The minimum atomic E-state index is 0. The lowest BCUT2D eigenvalue weighted by molar-refractivity contribution is -0.654. The first kappa shape index (κ1) is 11.2. The number of nitrogens with zero attached hydrogens (tertiary/aromatic N) is 1. The number of terminal acetylenes is 1. The molecule has 0 amide bonds. The van der Waals surface area contributed by atoms with E-state index in [1.165, 1.54) is 15.8 Å². The van der Waals surface area contributed by atoms with Crippen molar-refractivity contribution in [3.8, 4) is 12.3 Å². The summed E-state index contributed by atoms with van der Waals surface area (Å²) in [5, 5.41) is 0. The Bertz CT molecular complexity index is 481. The maximum absolute atomic E-state index is 5.29. The van der Waals surface area contributed by atoms with Crippen LogP contribution in [0.15, 0.2) is 23.7 Å². The van der Waals surface area contributed by atoms with E-state index in [1.54, 1.807) is 11.3 Å². The van der Waals surface area contributed by atoms with Gasteiger partial charge in [-0.15, -0.1) is 6.42 Å². The van der Waals surface area contributed by atoms with Crippen molar-refractivity contribution in [2.45, 2.75) is 13.5 Å². The highest BCUT2D eigenvalue weighted by molar-refractivity contribution is 7.16. The predicted octanol–water partition coefficient (Wildman–Crippen LogP) is -0.866. The fraction of sp³-hybridized carbons (Fsp3) is 0.182. The number of rotatable bonds is 1. The Morgan fingerprint density at radius 3 is 3.00 bits per heavy atom. The van der Waals surface area contributed by atoms with Crippen molar-refractivity contribution < 1.29 is 21.5 Å². The van der Waals surface area contributed by atoms with E-state index in [-0.39, 0.29) is 17.0 Å². The van der Waals surface area contributed by atoms with Crippen LogP contribution in [0.2, 0.25) is 0 Å². The van der Waals surface area contributed by atoms with Crippen LogP contribution in [0.4, 0.5) is 0 Å². The van der Waals surface area contributed by atoms with Gasteiger partial charge in [0.2, 0.25) is 17.6 Å². The molecule has 0 saturated carbocycles. The standard InChI is InChI=1S/C11H10NS.BrH/c1-3-7-12-8-13-10-6-4-5-9(2)11(10)12;/h1,4-6,8H,7H2,2H3;1H/q+1;/p-1. The molecule has 0 N–H and O–H groups in total. The van der Waals surface area contributed by atoms with Gasteiger partial charge in [-0.1, -0.05) is 23.5 Å². The van der Waals surface area contributed by atoms with Gasteiger partial charge in [0.05, 0.1) is 0 Å². The molecule has 14 heavy (non-hydrogen) atoms. The quantitative estimate of drug-likeness (QED) is 0.468. The topological polar surface area (TPSA) is 3.88 Å². The highest BCUT2D eigenvalue weighted by Crippen LogP contribution is 2.18. The number of hydrogen-bond donors (Lipinski definition) is 0. The van der Waals surface area contributed by atoms with Crippen LogP contribution in [0.25, 0.3) is 10.2 Å². The number of aryl methyl sites for hydroxylation is 1. The minimum absolute atomic E-state index is 0. The molecular weight excluding hydrogens is 258 g/mol. The third-order valence-corrected chi connectivity index (χ3v) is 3.00. The molecule has 0 radical (unpaired) electrons. The van der Waals surface area contributed by atoms with Crippen molar-refractivity contribution >= 4 is 21.6 Å². The molecule has 1 heterocycles. The van der Waals surface area contributed by atoms with Crippen LogP contribution < -0.4 is 21.5 Å². The SMILES string of the molecule is C#CC[n+]1csc2cccc(C)c21.[Br-]. The van der Waals surface area contributed by atoms with Gasteiger partial charge >= 0.3 is 0 Å². The zero-order valence-electron chi connectivity index (χ0n) is 7.83. The van der Waals surface area contributed by atoms with Crippen LogP contribution in [0.1, 0.15) is 5.56 Å². The molecule has 0 unspecified atom stereocenters. The lowest BCUT2D eigenvalue weighted by Gasteiger charge is -1.91.